The fraction of sp³-hybridized carbons (Fsp3) is 0.0323. The SMILES string of the molecule is Cc1cccc(-n2c3ccccc3c3cc(-c4ccccc4)c4oc5ccccc5c4c32)c1. The van der Waals surface area contributed by atoms with Gasteiger partial charge in [-0.3, -0.25) is 0 Å². The van der Waals surface area contributed by atoms with Crippen LogP contribution in [0.15, 0.2) is 114 Å². The molecular weight excluding hydrogens is 402 g/mol. The van der Waals surface area contributed by atoms with Crippen LogP contribution in [-0.2, 0) is 0 Å². The summed E-state index contributed by atoms with van der Waals surface area (Å²) in [6, 6.07) is 38.7. The predicted molar refractivity (Wildman–Crippen MR) is 138 cm³/mol. The Kier molecular flexibility index (Phi) is 3.80. The van der Waals surface area contributed by atoms with Crippen molar-refractivity contribution in [3.63, 3.8) is 0 Å². The molecule has 7 aromatic rings. The lowest BCUT2D eigenvalue weighted by Crippen LogP contribution is -1.95. The zero-order valence-corrected chi connectivity index (χ0v) is 18.2. The molecule has 7 rings (SSSR count). The number of para-hydroxylation sites is 2. The molecule has 0 aliphatic rings. The van der Waals surface area contributed by atoms with E-state index in [1.807, 2.05) is 6.07 Å². The van der Waals surface area contributed by atoms with Gasteiger partial charge in [-0.1, -0.05) is 78.9 Å². The topological polar surface area (TPSA) is 18.1 Å². The molecule has 0 saturated carbocycles. The highest BCUT2D eigenvalue weighted by atomic mass is 16.3. The van der Waals surface area contributed by atoms with Crippen LogP contribution in [0, 0.1) is 6.92 Å². The van der Waals surface area contributed by atoms with Gasteiger partial charge < -0.3 is 8.98 Å². The highest BCUT2D eigenvalue weighted by Crippen LogP contribution is 2.45. The molecule has 0 spiro atoms. The Balaban J connectivity index is 1.78. The second kappa shape index (κ2) is 6.85. The van der Waals surface area contributed by atoms with Gasteiger partial charge in [0.2, 0.25) is 0 Å². The molecule has 2 nitrogen and oxygen atoms in total. The number of nitrogens with zero attached hydrogens (tertiary/aromatic N) is 1. The zero-order valence-electron chi connectivity index (χ0n) is 18.2. The summed E-state index contributed by atoms with van der Waals surface area (Å²) in [6.45, 7) is 2.15. The summed E-state index contributed by atoms with van der Waals surface area (Å²) < 4.78 is 8.94. The zero-order chi connectivity index (χ0) is 21.9. The molecule has 0 aliphatic carbocycles. The molecule has 0 unspecified atom stereocenters. The summed E-state index contributed by atoms with van der Waals surface area (Å²) in [5, 5.41) is 4.80. The molecule has 156 valence electrons. The minimum atomic E-state index is 0.915. The third kappa shape index (κ3) is 2.61. The van der Waals surface area contributed by atoms with Crippen molar-refractivity contribution >= 4 is 43.7 Å². The Bertz CT molecular complexity index is 1820. The minimum Gasteiger partial charge on any atom is -0.455 e. The quantitative estimate of drug-likeness (QED) is 0.272. The molecule has 0 saturated heterocycles. The lowest BCUT2D eigenvalue weighted by molar-refractivity contribution is 0.670. The minimum absolute atomic E-state index is 0.915. The third-order valence-corrected chi connectivity index (χ3v) is 6.62. The summed E-state index contributed by atoms with van der Waals surface area (Å²) in [4.78, 5) is 0. The van der Waals surface area contributed by atoms with E-state index >= 15 is 0 Å². The highest BCUT2D eigenvalue weighted by Gasteiger charge is 2.22. The molecule has 5 aromatic carbocycles. The van der Waals surface area contributed by atoms with E-state index in [0.29, 0.717) is 0 Å². The number of benzene rings is 5. The van der Waals surface area contributed by atoms with E-state index in [-0.39, 0.29) is 0 Å². The van der Waals surface area contributed by atoms with E-state index in [4.69, 9.17) is 4.42 Å². The number of fused-ring (bicyclic) bond motifs is 7. The molecule has 0 radical (unpaired) electrons. The van der Waals surface area contributed by atoms with E-state index in [2.05, 4.69) is 115 Å². The predicted octanol–water partition coefficient (Wildman–Crippen LogP) is 8.66. The lowest BCUT2D eigenvalue weighted by atomic mass is 9.98. The summed E-state index contributed by atoms with van der Waals surface area (Å²) in [5.74, 6) is 0. The van der Waals surface area contributed by atoms with Crippen LogP contribution in [0.25, 0.3) is 60.6 Å². The van der Waals surface area contributed by atoms with Crippen LogP contribution in [0.2, 0.25) is 0 Å². The molecule has 0 amide bonds. The van der Waals surface area contributed by atoms with Gasteiger partial charge >= 0.3 is 0 Å². The normalized spacial score (nSPS) is 11.8. The summed E-state index contributed by atoms with van der Waals surface area (Å²) >= 11 is 0. The van der Waals surface area contributed by atoms with Crippen molar-refractivity contribution in [1.82, 2.24) is 4.57 Å². The van der Waals surface area contributed by atoms with Gasteiger partial charge in [0, 0.05) is 27.4 Å². The van der Waals surface area contributed by atoms with E-state index in [0.717, 1.165) is 27.7 Å². The van der Waals surface area contributed by atoms with Gasteiger partial charge in [0.15, 0.2) is 0 Å². The Morgan fingerprint density at radius 3 is 2.24 bits per heavy atom. The monoisotopic (exact) mass is 423 g/mol. The van der Waals surface area contributed by atoms with Crippen molar-refractivity contribution in [2.45, 2.75) is 6.92 Å². The number of furan rings is 1. The molecular formula is C31H21NO. The van der Waals surface area contributed by atoms with Crippen molar-refractivity contribution in [3.8, 4) is 16.8 Å². The summed E-state index contributed by atoms with van der Waals surface area (Å²) in [6.07, 6.45) is 0. The fourth-order valence-corrected chi connectivity index (χ4v) is 5.20. The van der Waals surface area contributed by atoms with Gasteiger partial charge in [0.25, 0.3) is 0 Å². The second-order valence-electron chi connectivity index (χ2n) is 8.68. The van der Waals surface area contributed by atoms with Crippen LogP contribution >= 0.6 is 0 Å². The molecule has 0 atom stereocenters. The number of aromatic nitrogens is 1. The largest absolute Gasteiger partial charge is 0.455 e. The number of aryl methyl sites for hydroxylation is 1. The molecule has 2 heteroatoms. The van der Waals surface area contributed by atoms with Crippen molar-refractivity contribution in [2.24, 2.45) is 0 Å². The van der Waals surface area contributed by atoms with Gasteiger partial charge in [-0.2, -0.15) is 0 Å². The summed E-state index contributed by atoms with van der Waals surface area (Å²) in [5.41, 5.74) is 8.95. The first-order valence-corrected chi connectivity index (χ1v) is 11.3. The van der Waals surface area contributed by atoms with E-state index in [9.17, 15) is 0 Å². The molecule has 33 heavy (non-hydrogen) atoms. The Labute approximate surface area is 191 Å². The molecule has 0 aliphatic heterocycles. The lowest BCUT2D eigenvalue weighted by Gasteiger charge is -2.11. The van der Waals surface area contributed by atoms with Crippen LogP contribution in [0.1, 0.15) is 5.56 Å². The van der Waals surface area contributed by atoms with Crippen molar-refractivity contribution in [2.75, 3.05) is 0 Å². The average molecular weight is 424 g/mol. The van der Waals surface area contributed by atoms with Crippen LogP contribution in [0.3, 0.4) is 0 Å². The second-order valence-corrected chi connectivity index (χ2v) is 8.68. The van der Waals surface area contributed by atoms with Crippen LogP contribution in [-0.4, -0.2) is 4.57 Å². The number of hydrogen-bond acceptors (Lipinski definition) is 1. The van der Waals surface area contributed by atoms with E-state index in [1.165, 1.54) is 38.4 Å². The standard InChI is InChI=1S/C31H21NO/c1-20-10-9-13-22(18-20)32-27-16-7-5-14-23(27)26-19-25(21-11-3-2-4-12-21)31-29(30(26)32)24-15-6-8-17-28(24)33-31/h2-19H,1H3. The highest BCUT2D eigenvalue weighted by molar-refractivity contribution is 6.27. The number of rotatable bonds is 2. The van der Waals surface area contributed by atoms with Gasteiger partial charge in [-0.25, -0.2) is 0 Å². The molecule has 0 bridgehead atoms. The Morgan fingerprint density at radius 1 is 0.636 bits per heavy atom. The van der Waals surface area contributed by atoms with Crippen LogP contribution in [0.5, 0.6) is 0 Å². The first kappa shape index (κ1) is 18.3. The fourth-order valence-electron chi connectivity index (χ4n) is 5.20. The first-order valence-electron chi connectivity index (χ1n) is 11.3. The van der Waals surface area contributed by atoms with Crippen molar-refractivity contribution in [3.05, 3.63) is 115 Å². The first-order chi connectivity index (χ1) is 16.3. The van der Waals surface area contributed by atoms with E-state index < -0.39 is 0 Å². The molecule has 0 N–H and O–H groups in total. The van der Waals surface area contributed by atoms with Crippen LogP contribution < -0.4 is 0 Å². The van der Waals surface area contributed by atoms with E-state index in [1.54, 1.807) is 0 Å². The van der Waals surface area contributed by atoms with Gasteiger partial charge in [-0.05, 0) is 48.4 Å². The van der Waals surface area contributed by atoms with Crippen molar-refractivity contribution in [1.29, 1.82) is 0 Å². The van der Waals surface area contributed by atoms with Gasteiger partial charge in [-0.15, -0.1) is 0 Å². The molecule has 0 fully saturated rings. The van der Waals surface area contributed by atoms with Gasteiger partial charge in [0.1, 0.15) is 11.2 Å². The maximum Gasteiger partial charge on any atom is 0.145 e. The Morgan fingerprint density at radius 2 is 1.39 bits per heavy atom. The summed E-state index contributed by atoms with van der Waals surface area (Å²) in [7, 11) is 0. The maximum atomic E-state index is 6.54. The Hall–Kier alpha value is -4.30. The van der Waals surface area contributed by atoms with Gasteiger partial charge in [0.05, 0.1) is 16.4 Å². The molecule has 2 heterocycles. The maximum absolute atomic E-state index is 6.54. The van der Waals surface area contributed by atoms with Crippen LogP contribution in [0.4, 0.5) is 0 Å². The third-order valence-electron chi connectivity index (χ3n) is 6.62. The smallest absolute Gasteiger partial charge is 0.145 e. The molecule has 2 aromatic heterocycles. The van der Waals surface area contributed by atoms with Crippen molar-refractivity contribution < 1.29 is 4.42 Å². The number of hydrogen-bond donors (Lipinski definition) is 0. The average Bonchev–Trinajstić information content (AvgIpc) is 3.40.